The van der Waals surface area contributed by atoms with Crippen molar-refractivity contribution < 1.29 is 32.9 Å². The van der Waals surface area contributed by atoms with E-state index in [4.69, 9.17) is 9.05 Å². The van der Waals surface area contributed by atoms with Crippen LogP contribution in [0.4, 0.5) is 0 Å². The molecule has 9 heteroatoms. The first-order valence-corrected chi connectivity index (χ1v) is 42.1. The molecule has 0 spiro atoms. The minimum Gasteiger partial charge on any atom is -0.756 e. The Hall–Kier alpha value is -2.58. The van der Waals surface area contributed by atoms with Gasteiger partial charge in [0.1, 0.15) is 13.2 Å². The van der Waals surface area contributed by atoms with Crippen LogP contribution in [0, 0.1) is 0 Å². The first-order valence-electron chi connectivity index (χ1n) is 40.6. The van der Waals surface area contributed by atoms with Crippen molar-refractivity contribution in [2.75, 3.05) is 40.9 Å². The smallest absolute Gasteiger partial charge is 0.268 e. The SMILES string of the molecule is CC/C=C\C/C=C\C/C=C\C/C=C\C/C=C\CCCCCCCCCCCCCCCCCCCCCCCCCCCC(=O)NC(COP(=O)([O-])OCC[N+](C)(C)C)C(O)/C=C/CC/C=C/CC/C=C/CCCCCCCCCCCCCCCCCCCCCCC. The van der Waals surface area contributed by atoms with Crippen molar-refractivity contribution in [1.82, 2.24) is 5.32 Å². The molecule has 0 aromatic carbocycles. The molecule has 2 N–H and O–H groups in total. The van der Waals surface area contributed by atoms with Crippen molar-refractivity contribution in [2.24, 2.45) is 0 Å². The summed E-state index contributed by atoms with van der Waals surface area (Å²) in [5.74, 6) is -0.206. The third-order valence-electron chi connectivity index (χ3n) is 18.3. The number of carbonyl (C=O) groups is 1. The number of phosphoric ester groups is 1. The molecule has 94 heavy (non-hydrogen) atoms. The highest BCUT2D eigenvalue weighted by molar-refractivity contribution is 7.45. The van der Waals surface area contributed by atoms with Crippen LogP contribution in [-0.4, -0.2) is 68.5 Å². The van der Waals surface area contributed by atoms with Crippen molar-refractivity contribution in [3.8, 4) is 0 Å². The molecule has 0 aromatic rings. The Bertz CT molecular complexity index is 1860. The zero-order valence-electron chi connectivity index (χ0n) is 62.9. The summed E-state index contributed by atoms with van der Waals surface area (Å²) in [5, 5.41) is 14.0. The highest BCUT2D eigenvalue weighted by Gasteiger charge is 2.23. The molecule has 0 radical (unpaired) electrons. The van der Waals surface area contributed by atoms with Crippen molar-refractivity contribution in [3.63, 3.8) is 0 Å². The summed E-state index contributed by atoms with van der Waals surface area (Å²) >= 11 is 0. The van der Waals surface area contributed by atoms with Gasteiger partial charge in [0.25, 0.3) is 7.82 Å². The number of rotatable bonds is 75. The van der Waals surface area contributed by atoms with Gasteiger partial charge in [-0.3, -0.25) is 9.36 Å². The summed E-state index contributed by atoms with van der Waals surface area (Å²) < 4.78 is 23.5. The van der Waals surface area contributed by atoms with Gasteiger partial charge in [-0.2, -0.15) is 0 Å². The number of allylic oxidation sites excluding steroid dienone is 15. The van der Waals surface area contributed by atoms with Crippen LogP contribution in [-0.2, 0) is 18.4 Å². The third kappa shape index (κ3) is 76.8. The first kappa shape index (κ1) is 91.4. The standard InChI is InChI=1S/C85H157N2O6P/c1-6-8-10-12-14-16-18-20-22-24-26-28-30-32-34-36-38-39-40-41-42-43-44-45-46-47-49-51-53-55-57-59-61-63-65-67-69-71-73-75-77-79-85(89)86-83(82-93-94(90,91)92-81-80-87(3,4)5)84(88)78-76-74-72-70-68-66-64-62-60-58-56-54-52-50-48-37-35-33-31-29-27-25-23-21-19-17-15-13-11-9-7-2/h8,10,14,16,20,22,26,28,32,34,60,62,68,70,76,78,83-84,88H,6-7,9,11-13,15,17-19,21,23-25,27,29-31,33,35-59,61,63-67,69,71-75,77,79-82H2,1-5H3,(H-,86,89,90,91)/b10-8-,16-14-,22-20-,28-26-,34-32-,62-60+,70-68+,78-76+. The van der Waals surface area contributed by atoms with Crippen LogP contribution in [0.1, 0.15) is 386 Å². The van der Waals surface area contributed by atoms with Gasteiger partial charge in [-0.05, 0) is 89.9 Å². The van der Waals surface area contributed by atoms with E-state index in [1.807, 2.05) is 27.2 Å². The van der Waals surface area contributed by atoms with Crippen LogP contribution >= 0.6 is 7.82 Å². The summed E-state index contributed by atoms with van der Waals surface area (Å²) in [5.41, 5.74) is 0. The molecule has 0 heterocycles. The predicted octanol–water partition coefficient (Wildman–Crippen LogP) is 26.2. The topological polar surface area (TPSA) is 108 Å². The molecule has 0 aromatic heterocycles. The van der Waals surface area contributed by atoms with E-state index in [1.54, 1.807) is 6.08 Å². The van der Waals surface area contributed by atoms with Gasteiger partial charge in [-0.25, -0.2) is 0 Å². The maximum atomic E-state index is 13.1. The van der Waals surface area contributed by atoms with Crippen LogP contribution < -0.4 is 10.2 Å². The second-order valence-electron chi connectivity index (χ2n) is 28.7. The van der Waals surface area contributed by atoms with Crippen LogP contribution in [0.25, 0.3) is 0 Å². The number of hydrogen-bond acceptors (Lipinski definition) is 6. The molecule has 0 bridgehead atoms. The number of unbranched alkanes of at least 4 members (excludes halogenated alkanes) is 48. The number of hydrogen-bond donors (Lipinski definition) is 2. The molecule has 0 saturated heterocycles. The Morgan fingerprint density at radius 2 is 0.660 bits per heavy atom. The number of nitrogens with one attached hydrogen (secondary N) is 1. The molecule has 1 amide bonds. The van der Waals surface area contributed by atoms with Gasteiger partial charge in [0, 0.05) is 6.42 Å². The molecule has 0 aliphatic carbocycles. The molecular formula is C85H157N2O6P. The normalized spacial score (nSPS) is 14.0. The van der Waals surface area contributed by atoms with Gasteiger partial charge in [0.15, 0.2) is 0 Å². The molecular weight excluding hydrogens is 1180 g/mol. The fourth-order valence-electron chi connectivity index (χ4n) is 12.0. The predicted molar refractivity (Wildman–Crippen MR) is 413 cm³/mol. The lowest BCUT2D eigenvalue weighted by Crippen LogP contribution is -2.45. The lowest BCUT2D eigenvalue weighted by atomic mass is 10.0. The van der Waals surface area contributed by atoms with Gasteiger partial charge >= 0.3 is 0 Å². The van der Waals surface area contributed by atoms with Crippen LogP contribution in [0.2, 0.25) is 0 Å². The van der Waals surface area contributed by atoms with Gasteiger partial charge in [-0.1, -0.05) is 387 Å². The van der Waals surface area contributed by atoms with E-state index in [1.165, 1.54) is 289 Å². The van der Waals surface area contributed by atoms with Gasteiger partial charge in [0.2, 0.25) is 5.91 Å². The quantitative estimate of drug-likeness (QED) is 0.0272. The van der Waals surface area contributed by atoms with E-state index < -0.39 is 26.6 Å². The van der Waals surface area contributed by atoms with Gasteiger partial charge < -0.3 is 28.8 Å². The molecule has 3 atom stereocenters. The van der Waals surface area contributed by atoms with Crippen molar-refractivity contribution >= 4 is 13.7 Å². The summed E-state index contributed by atoms with van der Waals surface area (Å²) in [6.07, 6.45) is 109. The Morgan fingerprint density at radius 1 is 0.383 bits per heavy atom. The van der Waals surface area contributed by atoms with E-state index in [-0.39, 0.29) is 12.5 Å². The van der Waals surface area contributed by atoms with Crippen molar-refractivity contribution in [2.45, 2.75) is 398 Å². The monoisotopic (exact) mass is 1330 g/mol. The Kier molecular flexibility index (Phi) is 72.6. The fraction of sp³-hybridized carbons (Fsp3) is 0.800. The van der Waals surface area contributed by atoms with E-state index in [0.717, 1.165) is 77.0 Å². The number of nitrogens with zero attached hydrogens (tertiary/aromatic N) is 1. The van der Waals surface area contributed by atoms with E-state index >= 15 is 0 Å². The average Bonchev–Trinajstić information content (AvgIpc) is 1.77. The maximum Gasteiger partial charge on any atom is 0.268 e. The second-order valence-corrected chi connectivity index (χ2v) is 30.1. The minimum atomic E-state index is -4.62. The van der Waals surface area contributed by atoms with Gasteiger partial charge in [-0.15, -0.1) is 0 Å². The Morgan fingerprint density at radius 3 is 0.989 bits per heavy atom. The molecule has 3 unspecified atom stereocenters. The largest absolute Gasteiger partial charge is 0.756 e. The molecule has 0 fully saturated rings. The highest BCUT2D eigenvalue weighted by atomic mass is 31.2. The summed E-state index contributed by atoms with van der Waals surface area (Å²) in [7, 11) is 1.25. The average molecular weight is 1330 g/mol. The number of likely N-dealkylation sites (N-methyl/N-ethyl adjacent to an activating group) is 1. The van der Waals surface area contributed by atoms with Crippen LogP contribution in [0.3, 0.4) is 0 Å². The zero-order chi connectivity index (χ0) is 68.3. The lowest BCUT2D eigenvalue weighted by Gasteiger charge is -2.29. The fourth-order valence-corrected chi connectivity index (χ4v) is 12.8. The molecule has 0 aliphatic heterocycles. The Labute approximate surface area is 585 Å². The van der Waals surface area contributed by atoms with E-state index in [0.29, 0.717) is 17.4 Å². The van der Waals surface area contributed by atoms with Crippen molar-refractivity contribution in [1.29, 1.82) is 0 Å². The number of amides is 1. The van der Waals surface area contributed by atoms with Crippen LogP contribution in [0.15, 0.2) is 97.2 Å². The van der Waals surface area contributed by atoms with Crippen LogP contribution in [0.5, 0.6) is 0 Å². The lowest BCUT2D eigenvalue weighted by molar-refractivity contribution is -0.870. The minimum absolute atomic E-state index is 0.00974. The molecule has 8 nitrogen and oxygen atoms in total. The maximum absolute atomic E-state index is 13.1. The molecule has 0 aliphatic rings. The second kappa shape index (κ2) is 74.6. The first-order chi connectivity index (χ1) is 46.0. The van der Waals surface area contributed by atoms with E-state index in [9.17, 15) is 19.4 Å². The van der Waals surface area contributed by atoms with Crippen molar-refractivity contribution in [3.05, 3.63) is 97.2 Å². The zero-order valence-corrected chi connectivity index (χ0v) is 63.8. The number of phosphoric acid groups is 1. The number of carbonyl (C=O) groups excluding carboxylic acids is 1. The summed E-state index contributed by atoms with van der Waals surface area (Å²) in [6, 6.07) is -0.914. The summed E-state index contributed by atoms with van der Waals surface area (Å²) in [6.45, 7) is 4.55. The highest BCUT2D eigenvalue weighted by Crippen LogP contribution is 2.38. The number of aliphatic hydroxyl groups is 1. The number of quaternary nitrogens is 1. The summed E-state index contributed by atoms with van der Waals surface area (Å²) in [4.78, 5) is 25.7. The number of aliphatic hydroxyl groups excluding tert-OH is 1. The molecule has 548 valence electrons. The molecule has 0 saturated carbocycles. The molecule has 0 rings (SSSR count). The Balaban J connectivity index is 3.98. The van der Waals surface area contributed by atoms with E-state index in [2.05, 4.69) is 104 Å². The third-order valence-corrected chi connectivity index (χ3v) is 19.2. The van der Waals surface area contributed by atoms with Gasteiger partial charge in [0.05, 0.1) is 39.9 Å².